The summed E-state index contributed by atoms with van der Waals surface area (Å²) in [5.41, 5.74) is 1.31. The molecule has 0 saturated heterocycles. The maximum atomic E-state index is 12.0. The molecule has 3 aromatic rings. The van der Waals surface area contributed by atoms with E-state index in [9.17, 15) is 9.59 Å². The fourth-order valence-corrected chi connectivity index (χ4v) is 2.51. The van der Waals surface area contributed by atoms with Gasteiger partial charge in [-0.05, 0) is 12.1 Å². The van der Waals surface area contributed by atoms with Crippen LogP contribution in [0.1, 0.15) is 0 Å². The summed E-state index contributed by atoms with van der Waals surface area (Å²) < 4.78 is 0. The fourth-order valence-electron chi connectivity index (χ4n) is 1.99. The zero-order valence-corrected chi connectivity index (χ0v) is 12.8. The lowest BCUT2D eigenvalue weighted by Crippen LogP contribution is -2.35. The van der Waals surface area contributed by atoms with Gasteiger partial charge in [0, 0.05) is 23.2 Å². The van der Waals surface area contributed by atoms with Crippen LogP contribution in [0, 0.1) is 0 Å². The third-order valence-corrected chi connectivity index (χ3v) is 3.66. The van der Waals surface area contributed by atoms with Gasteiger partial charge < -0.3 is 10.6 Å². The number of hydrogen-bond donors (Lipinski definition) is 3. The normalized spacial score (nSPS) is 10.3. The van der Waals surface area contributed by atoms with Crippen molar-refractivity contribution < 1.29 is 9.59 Å². The quantitative estimate of drug-likeness (QED) is 0.686. The minimum absolute atomic E-state index is 0.152. The van der Waals surface area contributed by atoms with Crippen molar-refractivity contribution in [2.45, 2.75) is 0 Å². The van der Waals surface area contributed by atoms with Gasteiger partial charge in [0.25, 0.3) is 0 Å². The number of para-hydroxylation sites is 1. The van der Waals surface area contributed by atoms with Crippen LogP contribution in [-0.2, 0) is 4.79 Å². The van der Waals surface area contributed by atoms with Crippen LogP contribution in [0.15, 0.2) is 48.1 Å². The molecular formula is C15H13N5O2S. The SMILES string of the molecule is O=C(CNC(=O)Nc1nccs1)Nc1cccc2cccnc12. The molecule has 8 heteroatoms. The van der Waals surface area contributed by atoms with E-state index in [-0.39, 0.29) is 12.5 Å². The van der Waals surface area contributed by atoms with Gasteiger partial charge in [0.1, 0.15) is 0 Å². The molecule has 0 spiro atoms. The number of carbonyl (C=O) groups excluding carboxylic acids is 2. The number of aromatic nitrogens is 2. The van der Waals surface area contributed by atoms with Crippen LogP contribution in [-0.4, -0.2) is 28.5 Å². The monoisotopic (exact) mass is 327 g/mol. The number of amides is 3. The summed E-state index contributed by atoms with van der Waals surface area (Å²) in [5.74, 6) is -0.336. The highest BCUT2D eigenvalue weighted by Gasteiger charge is 2.09. The Bertz CT molecular complexity index is 830. The first kappa shape index (κ1) is 14.9. The molecule has 0 aliphatic rings. The summed E-state index contributed by atoms with van der Waals surface area (Å²) in [6.45, 7) is -0.152. The Labute approximate surface area is 135 Å². The average Bonchev–Trinajstić information content (AvgIpc) is 3.06. The lowest BCUT2D eigenvalue weighted by atomic mass is 10.2. The Morgan fingerprint density at radius 3 is 2.74 bits per heavy atom. The van der Waals surface area contributed by atoms with E-state index in [0.717, 1.165) is 5.39 Å². The van der Waals surface area contributed by atoms with E-state index in [1.165, 1.54) is 11.3 Å². The van der Waals surface area contributed by atoms with Gasteiger partial charge >= 0.3 is 6.03 Å². The number of rotatable bonds is 4. The number of nitrogens with one attached hydrogen (secondary N) is 3. The number of urea groups is 1. The first-order chi connectivity index (χ1) is 11.2. The Balaban J connectivity index is 1.57. The van der Waals surface area contributed by atoms with Crippen molar-refractivity contribution in [3.8, 4) is 0 Å². The molecule has 3 rings (SSSR count). The van der Waals surface area contributed by atoms with Gasteiger partial charge in [-0.2, -0.15) is 0 Å². The van der Waals surface area contributed by atoms with E-state index in [2.05, 4.69) is 25.9 Å². The van der Waals surface area contributed by atoms with E-state index in [1.807, 2.05) is 24.3 Å². The van der Waals surface area contributed by atoms with E-state index >= 15 is 0 Å². The van der Waals surface area contributed by atoms with Gasteiger partial charge in [-0.25, -0.2) is 9.78 Å². The highest BCUT2D eigenvalue weighted by molar-refractivity contribution is 7.13. The summed E-state index contributed by atoms with van der Waals surface area (Å²) in [5, 5.41) is 10.9. The second-order valence-electron chi connectivity index (χ2n) is 4.57. The van der Waals surface area contributed by atoms with E-state index < -0.39 is 6.03 Å². The Hall–Kier alpha value is -3.00. The molecule has 1 aromatic carbocycles. The van der Waals surface area contributed by atoms with Crippen molar-refractivity contribution in [3.63, 3.8) is 0 Å². The first-order valence-electron chi connectivity index (χ1n) is 6.80. The zero-order valence-electron chi connectivity index (χ0n) is 11.9. The molecule has 0 atom stereocenters. The minimum atomic E-state index is -0.480. The third-order valence-electron chi connectivity index (χ3n) is 2.97. The third kappa shape index (κ3) is 3.80. The van der Waals surface area contributed by atoms with Crippen LogP contribution in [0.5, 0.6) is 0 Å². The predicted octanol–water partition coefficient (Wildman–Crippen LogP) is 2.45. The summed E-state index contributed by atoms with van der Waals surface area (Å²) >= 11 is 1.30. The standard InChI is InChI=1S/C15H13N5O2S/c21-12(9-18-14(22)20-15-17-7-8-23-15)19-11-5-1-3-10-4-2-6-16-13(10)11/h1-8H,9H2,(H,19,21)(H2,17,18,20,22). The molecule has 2 aromatic heterocycles. The molecule has 23 heavy (non-hydrogen) atoms. The Morgan fingerprint density at radius 2 is 1.91 bits per heavy atom. The van der Waals surface area contributed by atoms with Crippen molar-refractivity contribution >= 4 is 45.0 Å². The highest BCUT2D eigenvalue weighted by atomic mass is 32.1. The summed E-state index contributed by atoms with van der Waals surface area (Å²) in [6, 6.07) is 8.78. The fraction of sp³-hybridized carbons (Fsp3) is 0.0667. The molecule has 0 fully saturated rings. The lowest BCUT2D eigenvalue weighted by molar-refractivity contribution is -0.115. The Kier molecular flexibility index (Phi) is 4.44. The molecule has 0 aliphatic carbocycles. The van der Waals surface area contributed by atoms with Crippen LogP contribution < -0.4 is 16.0 Å². The van der Waals surface area contributed by atoms with Crippen molar-refractivity contribution in [1.82, 2.24) is 15.3 Å². The summed E-state index contributed by atoms with van der Waals surface area (Å²) in [4.78, 5) is 31.8. The van der Waals surface area contributed by atoms with Crippen LogP contribution in [0.3, 0.4) is 0 Å². The van der Waals surface area contributed by atoms with E-state index in [0.29, 0.717) is 16.3 Å². The number of hydrogen-bond acceptors (Lipinski definition) is 5. The van der Waals surface area contributed by atoms with Crippen molar-refractivity contribution in [2.24, 2.45) is 0 Å². The molecular weight excluding hydrogens is 314 g/mol. The van der Waals surface area contributed by atoms with E-state index in [1.54, 1.807) is 23.8 Å². The maximum absolute atomic E-state index is 12.0. The highest BCUT2D eigenvalue weighted by Crippen LogP contribution is 2.20. The molecule has 3 amide bonds. The summed E-state index contributed by atoms with van der Waals surface area (Å²) in [7, 11) is 0. The largest absolute Gasteiger partial charge is 0.329 e. The molecule has 0 bridgehead atoms. The van der Waals surface area contributed by atoms with Gasteiger partial charge in [-0.1, -0.05) is 18.2 Å². The summed E-state index contributed by atoms with van der Waals surface area (Å²) in [6.07, 6.45) is 3.25. The second-order valence-corrected chi connectivity index (χ2v) is 5.47. The molecule has 0 aliphatic heterocycles. The zero-order chi connectivity index (χ0) is 16.1. The van der Waals surface area contributed by atoms with Crippen LogP contribution in [0.4, 0.5) is 15.6 Å². The van der Waals surface area contributed by atoms with Gasteiger partial charge in [-0.3, -0.25) is 15.1 Å². The first-order valence-corrected chi connectivity index (χ1v) is 7.68. The van der Waals surface area contributed by atoms with E-state index in [4.69, 9.17) is 0 Å². The number of anilines is 2. The number of thiazole rings is 1. The molecule has 7 nitrogen and oxygen atoms in total. The molecule has 3 N–H and O–H groups in total. The number of benzene rings is 1. The van der Waals surface area contributed by atoms with Crippen LogP contribution >= 0.6 is 11.3 Å². The number of carbonyl (C=O) groups is 2. The lowest BCUT2D eigenvalue weighted by Gasteiger charge is -2.09. The molecule has 0 saturated carbocycles. The minimum Gasteiger partial charge on any atom is -0.329 e. The Morgan fingerprint density at radius 1 is 1.04 bits per heavy atom. The molecule has 2 heterocycles. The maximum Gasteiger partial charge on any atom is 0.321 e. The van der Waals surface area contributed by atoms with Gasteiger partial charge in [-0.15, -0.1) is 11.3 Å². The average molecular weight is 327 g/mol. The van der Waals surface area contributed by atoms with Crippen LogP contribution in [0.2, 0.25) is 0 Å². The van der Waals surface area contributed by atoms with Gasteiger partial charge in [0.05, 0.1) is 17.7 Å². The molecule has 0 radical (unpaired) electrons. The van der Waals surface area contributed by atoms with Crippen LogP contribution in [0.25, 0.3) is 10.9 Å². The van der Waals surface area contributed by atoms with Crippen molar-refractivity contribution in [2.75, 3.05) is 17.2 Å². The number of nitrogens with zero attached hydrogens (tertiary/aromatic N) is 2. The van der Waals surface area contributed by atoms with Crippen molar-refractivity contribution in [1.29, 1.82) is 0 Å². The number of pyridine rings is 1. The smallest absolute Gasteiger partial charge is 0.321 e. The number of fused-ring (bicyclic) bond motifs is 1. The second kappa shape index (κ2) is 6.84. The predicted molar refractivity (Wildman–Crippen MR) is 89.5 cm³/mol. The van der Waals surface area contributed by atoms with Gasteiger partial charge in [0.2, 0.25) is 5.91 Å². The molecule has 0 unspecified atom stereocenters. The topological polar surface area (TPSA) is 96.0 Å². The van der Waals surface area contributed by atoms with Gasteiger partial charge in [0.15, 0.2) is 5.13 Å². The van der Waals surface area contributed by atoms with Crippen molar-refractivity contribution in [3.05, 3.63) is 48.1 Å². The molecule has 116 valence electrons.